The number of nitrogens with two attached hydrogens (primary N) is 1. The van der Waals surface area contributed by atoms with Crippen molar-refractivity contribution in [1.82, 2.24) is 31.9 Å². The van der Waals surface area contributed by atoms with Gasteiger partial charge >= 0.3 is 0 Å². The van der Waals surface area contributed by atoms with Crippen LogP contribution in [0.25, 0.3) is 0 Å². The highest BCUT2D eigenvalue weighted by Crippen LogP contribution is 2.11. The smallest absolute Gasteiger partial charge is 0.243 e. The molecule has 15 heteroatoms. The predicted molar refractivity (Wildman–Crippen MR) is 194 cm³/mol. The van der Waals surface area contributed by atoms with E-state index in [-0.39, 0.29) is 44.4 Å². The zero-order valence-electron chi connectivity index (χ0n) is 29.2. The van der Waals surface area contributed by atoms with Gasteiger partial charge in [0, 0.05) is 19.3 Å². The predicted octanol–water partition coefficient (Wildman–Crippen LogP) is 0.0903. The Morgan fingerprint density at radius 1 is 0.667 bits per heavy atom. The van der Waals surface area contributed by atoms with E-state index in [1.54, 1.807) is 54.6 Å². The van der Waals surface area contributed by atoms with Crippen molar-refractivity contribution in [3.63, 3.8) is 0 Å². The average molecular weight is 724 g/mol. The van der Waals surface area contributed by atoms with Crippen molar-refractivity contribution in [2.24, 2.45) is 11.7 Å². The molecule has 7 amide bonds. The van der Waals surface area contributed by atoms with Gasteiger partial charge in [-0.2, -0.15) is 11.8 Å². The van der Waals surface area contributed by atoms with E-state index < -0.39 is 78.1 Å². The highest BCUT2D eigenvalue weighted by Gasteiger charge is 2.33. The van der Waals surface area contributed by atoms with Crippen LogP contribution < -0.4 is 37.6 Å². The first-order valence-corrected chi connectivity index (χ1v) is 18.4. The first kappa shape index (κ1) is 40.5. The molecule has 0 aromatic heterocycles. The molecule has 1 aliphatic heterocycles. The second kappa shape index (κ2) is 20.7. The minimum atomic E-state index is -1.31. The minimum absolute atomic E-state index is 0.0249. The molecule has 5 atom stereocenters. The first-order chi connectivity index (χ1) is 24.4. The Kier molecular flexibility index (Phi) is 16.4. The number of carbonyl (C=O) groups excluding carboxylic acids is 7. The van der Waals surface area contributed by atoms with Gasteiger partial charge < -0.3 is 37.6 Å². The van der Waals surface area contributed by atoms with E-state index in [1.165, 1.54) is 11.8 Å². The van der Waals surface area contributed by atoms with Crippen molar-refractivity contribution in [2.75, 3.05) is 18.6 Å². The highest BCUT2D eigenvalue weighted by molar-refractivity contribution is 7.98. The molecular formula is C36H49N7O7S. The summed E-state index contributed by atoms with van der Waals surface area (Å²) in [5.74, 6) is -4.28. The fraction of sp³-hybridized carbons (Fsp3) is 0.472. The lowest BCUT2D eigenvalue weighted by molar-refractivity contribution is -0.136. The maximum absolute atomic E-state index is 14.0. The van der Waals surface area contributed by atoms with Crippen molar-refractivity contribution in [1.29, 1.82) is 0 Å². The molecule has 3 rings (SSSR count). The van der Waals surface area contributed by atoms with Gasteiger partial charge in [-0.1, -0.05) is 74.5 Å². The van der Waals surface area contributed by atoms with E-state index >= 15 is 0 Å². The number of primary amides is 1. The standard InChI is InChI=1S/C36H49N7O7S/c1-22(2)18-27-35(49)41-26(16-17-51-3)34(48)40-25(14-15-30(37)44)33(47)43-29(20-24-12-8-5-9-13-24)36(50)42-28(19-23-10-6-4-7-11-23)32(46)38-21-31(45)39-27/h4-13,22,25-29H,14-21H2,1-3H3,(H2,37,44)(H,38,46)(H,39,45)(H,40,48)(H,41,49)(H,42,50)(H,43,47). The number of thioether (sulfide) groups is 1. The van der Waals surface area contributed by atoms with E-state index in [0.29, 0.717) is 11.3 Å². The maximum Gasteiger partial charge on any atom is 0.243 e. The van der Waals surface area contributed by atoms with Gasteiger partial charge in [-0.3, -0.25) is 33.6 Å². The number of hydrogen-bond acceptors (Lipinski definition) is 8. The SMILES string of the molecule is CSCCC1NC(=O)C(CC(C)C)NC(=O)CNC(=O)C(Cc2ccccc2)NC(=O)C(Cc2ccccc2)NC(=O)C(CCC(N)=O)NC1=O. The normalized spacial score (nSPS) is 22.7. The van der Waals surface area contributed by atoms with Gasteiger partial charge in [0.2, 0.25) is 41.4 Å². The number of benzene rings is 2. The van der Waals surface area contributed by atoms with Crippen LogP contribution >= 0.6 is 11.8 Å². The summed E-state index contributed by atoms with van der Waals surface area (Å²) in [6, 6.07) is 12.0. The third kappa shape index (κ3) is 14.1. The fourth-order valence-corrected chi connectivity index (χ4v) is 5.98. The molecule has 0 radical (unpaired) electrons. The number of hydrogen-bond donors (Lipinski definition) is 7. The number of nitrogens with one attached hydrogen (secondary N) is 6. The molecular weight excluding hydrogens is 675 g/mol. The van der Waals surface area contributed by atoms with E-state index in [0.717, 1.165) is 5.56 Å². The second-order valence-corrected chi connectivity index (χ2v) is 13.9. The van der Waals surface area contributed by atoms with Gasteiger partial charge in [0.15, 0.2) is 0 Å². The first-order valence-electron chi connectivity index (χ1n) is 17.0. The Balaban J connectivity index is 2.05. The highest BCUT2D eigenvalue weighted by atomic mass is 32.2. The minimum Gasteiger partial charge on any atom is -0.370 e. The molecule has 2 aromatic carbocycles. The largest absolute Gasteiger partial charge is 0.370 e. The Morgan fingerprint density at radius 3 is 1.61 bits per heavy atom. The van der Waals surface area contributed by atoms with Gasteiger partial charge in [-0.25, -0.2) is 0 Å². The molecule has 0 saturated carbocycles. The van der Waals surface area contributed by atoms with Gasteiger partial charge in [-0.15, -0.1) is 0 Å². The number of rotatable bonds is 12. The maximum atomic E-state index is 14.0. The average Bonchev–Trinajstić information content (AvgIpc) is 3.09. The molecule has 0 spiro atoms. The molecule has 0 bridgehead atoms. The lowest BCUT2D eigenvalue weighted by atomic mass is 10.0. The molecule has 51 heavy (non-hydrogen) atoms. The summed E-state index contributed by atoms with van der Waals surface area (Å²) in [5, 5.41) is 16.1. The Bertz CT molecular complexity index is 1510. The zero-order chi connectivity index (χ0) is 37.3. The van der Waals surface area contributed by atoms with Crippen molar-refractivity contribution in [2.45, 2.75) is 82.6 Å². The lowest BCUT2D eigenvalue weighted by Crippen LogP contribution is -2.60. The zero-order valence-corrected chi connectivity index (χ0v) is 30.1. The number of carbonyl (C=O) groups is 7. The second-order valence-electron chi connectivity index (χ2n) is 12.9. The summed E-state index contributed by atoms with van der Waals surface area (Å²) in [7, 11) is 0. The fourth-order valence-electron chi connectivity index (χ4n) is 5.51. The molecule has 14 nitrogen and oxygen atoms in total. The quantitative estimate of drug-likeness (QED) is 0.159. The third-order valence-electron chi connectivity index (χ3n) is 8.17. The summed E-state index contributed by atoms with van der Waals surface area (Å²) < 4.78 is 0. The van der Waals surface area contributed by atoms with Gasteiger partial charge in [-0.05, 0) is 48.3 Å². The van der Waals surface area contributed by atoms with Crippen LogP contribution in [0, 0.1) is 5.92 Å². The van der Waals surface area contributed by atoms with Crippen LogP contribution in [0.1, 0.15) is 50.7 Å². The van der Waals surface area contributed by atoms with Crippen LogP contribution in [-0.4, -0.2) is 90.1 Å². The Morgan fingerprint density at radius 2 is 1.12 bits per heavy atom. The number of amides is 7. The van der Waals surface area contributed by atoms with Crippen LogP contribution in [0.4, 0.5) is 0 Å². The Hall–Kier alpha value is -4.92. The molecule has 0 aliphatic carbocycles. The topological polar surface area (TPSA) is 218 Å². The third-order valence-corrected chi connectivity index (χ3v) is 8.81. The molecule has 2 aromatic rings. The van der Waals surface area contributed by atoms with E-state index in [2.05, 4.69) is 31.9 Å². The van der Waals surface area contributed by atoms with Gasteiger partial charge in [0.25, 0.3) is 0 Å². The van der Waals surface area contributed by atoms with E-state index in [9.17, 15) is 33.6 Å². The Labute approximate surface area is 302 Å². The van der Waals surface area contributed by atoms with Crippen molar-refractivity contribution in [3.05, 3.63) is 71.8 Å². The lowest BCUT2D eigenvalue weighted by Gasteiger charge is -2.28. The molecule has 1 heterocycles. The van der Waals surface area contributed by atoms with Crippen LogP contribution in [0.3, 0.4) is 0 Å². The summed E-state index contributed by atoms with van der Waals surface area (Å²) in [5.41, 5.74) is 6.83. The van der Waals surface area contributed by atoms with Crippen LogP contribution in [0.15, 0.2) is 60.7 Å². The summed E-state index contributed by atoms with van der Waals surface area (Å²) in [4.78, 5) is 93.5. The monoisotopic (exact) mass is 723 g/mol. The van der Waals surface area contributed by atoms with Crippen LogP contribution in [0.2, 0.25) is 0 Å². The molecule has 1 fully saturated rings. The molecule has 5 unspecified atom stereocenters. The van der Waals surface area contributed by atoms with E-state index in [1.807, 2.05) is 26.2 Å². The van der Waals surface area contributed by atoms with Crippen LogP contribution in [-0.2, 0) is 46.4 Å². The van der Waals surface area contributed by atoms with Crippen LogP contribution in [0.5, 0.6) is 0 Å². The molecule has 1 aliphatic rings. The summed E-state index contributed by atoms with van der Waals surface area (Å²) in [6.07, 6.45) is 1.94. The molecule has 1 saturated heterocycles. The summed E-state index contributed by atoms with van der Waals surface area (Å²) in [6.45, 7) is 3.26. The molecule has 8 N–H and O–H groups in total. The molecule has 276 valence electrons. The van der Waals surface area contributed by atoms with E-state index in [4.69, 9.17) is 5.73 Å². The van der Waals surface area contributed by atoms with Gasteiger partial charge in [0.1, 0.15) is 30.2 Å². The van der Waals surface area contributed by atoms with Crippen molar-refractivity contribution < 1.29 is 33.6 Å². The van der Waals surface area contributed by atoms with Crippen molar-refractivity contribution in [3.8, 4) is 0 Å². The summed E-state index contributed by atoms with van der Waals surface area (Å²) >= 11 is 1.45. The van der Waals surface area contributed by atoms with Gasteiger partial charge in [0.05, 0.1) is 6.54 Å². The van der Waals surface area contributed by atoms with Crippen molar-refractivity contribution >= 4 is 53.1 Å².